The fourth-order valence-electron chi connectivity index (χ4n) is 4.51. The van der Waals surface area contributed by atoms with Crippen molar-refractivity contribution in [2.45, 2.75) is 36.6 Å². The van der Waals surface area contributed by atoms with Crippen LogP contribution in [0.1, 0.15) is 35.4 Å². The molecule has 0 spiro atoms. The van der Waals surface area contributed by atoms with Crippen LogP contribution in [0.4, 0.5) is 5.69 Å². The number of sulfonamides is 1. The van der Waals surface area contributed by atoms with E-state index in [1.165, 1.54) is 28.8 Å². The first-order valence-corrected chi connectivity index (χ1v) is 15.0. The van der Waals surface area contributed by atoms with Crippen LogP contribution in [0.3, 0.4) is 0 Å². The summed E-state index contributed by atoms with van der Waals surface area (Å²) in [6.07, 6.45) is 2.61. The quantitative estimate of drug-likeness (QED) is 0.245. The van der Waals surface area contributed by atoms with E-state index >= 15 is 0 Å². The van der Waals surface area contributed by atoms with Crippen LogP contribution in [0.2, 0.25) is 0 Å². The summed E-state index contributed by atoms with van der Waals surface area (Å²) in [6, 6.07) is 15.3. The Kier molecular flexibility index (Phi) is 9.37. The lowest BCUT2D eigenvalue weighted by Crippen LogP contribution is -2.48. The molecule has 0 radical (unpaired) electrons. The van der Waals surface area contributed by atoms with E-state index < -0.39 is 16.1 Å². The second-order valence-corrected chi connectivity index (χ2v) is 12.6. The van der Waals surface area contributed by atoms with E-state index in [1.807, 2.05) is 30.3 Å². The molecule has 3 aromatic rings. The molecule has 4 N–H and O–H groups in total. The third-order valence-electron chi connectivity index (χ3n) is 6.74. The highest BCUT2D eigenvalue weighted by atomic mass is 32.2. The second-order valence-electron chi connectivity index (χ2n) is 9.47. The van der Waals surface area contributed by atoms with Gasteiger partial charge in [0.15, 0.2) is 0 Å². The van der Waals surface area contributed by atoms with Crippen molar-refractivity contribution in [2.75, 3.05) is 39.1 Å². The maximum absolute atomic E-state index is 13.2. The zero-order valence-corrected chi connectivity index (χ0v) is 23.0. The third kappa shape index (κ3) is 6.90. The molecule has 204 valence electrons. The number of nitrogens with one attached hydrogen (secondary N) is 2. The molecular weight excluding hydrogens is 524 g/mol. The number of carbonyl (C=O) groups is 2. The predicted molar refractivity (Wildman–Crippen MR) is 150 cm³/mol. The van der Waals surface area contributed by atoms with Crippen LogP contribution in [0.5, 0.6) is 0 Å². The van der Waals surface area contributed by atoms with E-state index in [0.717, 1.165) is 22.9 Å². The van der Waals surface area contributed by atoms with Crippen molar-refractivity contribution in [2.24, 2.45) is 5.92 Å². The third-order valence-corrected chi connectivity index (χ3v) is 9.78. The van der Waals surface area contributed by atoms with Crippen LogP contribution in [-0.4, -0.2) is 63.9 Å². The smallest absolute Gasteiger partial charge is 0.262 e. The molecule has 1 aromatic heterocycles. The van der Waals surface area contributed by atoms with E-state index in [9.17, 15) is 18.0 Å². The Bertz CT molecular complexity index is 1340. The van der Waals surface area contributed by atoms with Crippen molar-refractivity contribution < 1.29 is 22.7 Å². The van der Waals surface area contributed by atoms with Gasteiger partial charge in [0.05, 0.1) is 10.6 Å². The minimum Gasteiger partial charge on any atom is -0.398 e. The van der Waals surface area contributed by atoms with Gasteiger partial charge in [-0.25, -0.2) is 12.7 Å². The van der Waals surface area contributed by atoms with Crippen LogP contribution in [0.25, 0.3) is 10.1 Å². The van der Waals surface area contributed by atoms with E-state index in [4.69, 9.17) is 10.5 Å². The number of amides is 2. The van der Waals surface area contributed by atoms with Gasteiger partial charge in [-0.1, -0.05) is 30.3 Å². The van der Waals surface area contributed by atoms with E-state index in [2.05, 4.69) is 10.6 Å². The second kappa shape index (κ2) is 12.7. The number of hydrogen-bond donors (Lipinski definition) is 3. The topological polar surface area (TPSA) is 131 Å². The summed E-state index contributed by atoms with van der Waals surface area (Å²) >= 11 is 1.40. The van der Waals surface area contributed by atoms with Crippen LogP contribution in [0.15, 0.2) is 59.5 Å². The maximum Gasteiger partial charge on any atom is 0.262 e. The molecule has 1 saturated heterocycles. The number of anilines is 1. The molecule has 0 saturated carbocycles. The number of nitrogen functional groups attached to an aromatic ring is 1. The average Bonchev–Trinajstić information content (AvgIpc) is 3.36. The molecular formula is C27H34N4O5S2. The van der Waals surface area contributed by atoms with Crippen molar-refractivity contribution in [3.05, 3.63) is 59.5 Å². The molecule has 1 atom stereocenters. The van der Waals surface area contributed by atoms with E-state index in [-0.39, 0.29) is 41.4 Å². The first kappa shape index (κ1) is 28.0. The molecule has 1 fully saturated rings. The zero-order valence-electron chi connectivity index (χ0n) is 21.4. The number of ether oxygens (including phenoxy) is 1. The molecule has 38 heavy (non-hydrogen) atoms. The molecule has 1 unspecified atom stereocenters. The normalized spacial score (nSPS) is 15.4. The number of benzene rings is 2. The van der Waals surface area contributed by atoms with Crippen LogP contribution in [0, 0.1) is 5.92 Å². The highest BCUT2D eigenvalue weighted by Crippen LogP contribution is 2.26. The van der Waals surface area contributed by atoms with Crippen molar-refractivity contribution >= 4 is 48.9 Å². The Morgan fingerprint density at radius 2 is 1.84 bits per heavy atom. The van der Waals surface area contributed by atoms with Gasteiger partial charge in [0.1, 0.15) is 10.9 Å². The van der Waals surface area contributed by atoms with Gasteiger partial charge in [-0.3, -0.25) is 9.59 Å². The molecule has 1 aliphatic rings. The molecule has 1 aliphatic heterocycles. The summed E-state index contributed by atoms with van der Waals surface area (Å²) in [6.45, 7) is 1.77. The van der Waals surface area contributed by atoms with Crippen molar-refractivity contribution in [3.63, 3.8) is 0 Å². The largest absolute Gasteiger partial charge is 0.398 e. The van der Waals surface area contributed by atoms with Crippen molar-refractivity contribution in [3.8, 4) is 0 Å². The molecule has 4 rings (SSSR count). The van der Waals surface area contributed by atoms with Crippen LogP contribution < -0.4 is 16.4 Å². The number of para-hydroxylation sites is 1. The molecule has 2 aromatic carbocycles. The number of nitrogens with zero attached hydrogens (tertiary/aromatic N) is 1. The number of fused-ring (bicyclic) bond motifs is 1. The fourth-order valence-corrected chi connectivity index (χ4v) is 6.80. The molecule has 9 nitrogen and oxygen atoms in total. The summed E-state index contributed by atoms with van der Waals surface area (Å²) in [5.74, 6) is -0.275. The van der Waals surface area contributed by atoms with E-state index in [1.54, 1.807) is 18.2 Å². The highest BCUT2D eigenvalue weighted by molar-refractivity contribution is 7.89. The first-order valence-electron chi connectivity index (χ1n) is 12.7. The summed E-state index contributed by atoms with van der Waals surface area (Å²) in [5.41, 5.74) is 6.04. The Balaban J connectivity index is 1.35. The lowest BCUT2D eigenvalue weighted by atomic mass is 9.92. The van der Waals surface area contributed by atoms with Crippen molar-refractivity contribution in [1.82, 2.24) is 14.9 Å². The number of hydrogen-bond acceptors (Lipinski definition) is 7. The lowest BCUT2D eigenvalue weighted by Gasteiger charge is -2.26. The van der Waals surface area contributed by atoms with Gasteiger partial charge in [0.2, 0.25) is 15.9 Å². The Hall–Kier alpha value is -2.99. The van der Waals surface area contributed by atoms with Crippen molar-refractivity contribution in [1.29, 1.82) is 0 Å². The minimum absolute atomic E-state index is 0.0620. The van der Waals surface area contributed by atoms with Gasteiger partial charge in [0.25, 0.3) is 5.91 Å². The standard InChI is InChI=1S/C27H34N4O5S2/c1-31(38(34,35)25-10-5-3-8-21(25)28)14-6-13-29-26(32)22(17-19-11-15-36-16-12-19)30-27(33)24-18-20-7-2-4-9-23(20)37-24/h2-5,7-10,18-19,22H,6,11-17,28H2,1H3,(H,29,32)(H,30,33). The molecule has 0 bridgehead atoms. The minimum atomic E-state index is -3.74. The fraction of sp³-hybridized carbons (Fsp3) is 0.407. The molecule has 11 heteroatoms. The summed E-state index contributed by atoms with van der Waals surface area (Å²) < 4.78 is 33.4. The maximum atomic E-state index is 13.2. The average molecular weight is 559 g/mol. The summed E-state index contributed by atoms with van der Waals surface area (Å²) in [4.78, 5) is 26.9. The zero-order chi connectivity index (χ0) is 27.1. The number of thiophene rings is 1. The van der Waals surface area contributed by atoms with E-state index in [0.29, 0.717) is 30.9 Å². The van der Waals surface area contributed by atoms with Crippen LogP contribution in [-0.2, 0) is 19.6 Å². The van der Waals surface area contributed by atoms with Gasteiger partial charge < -0.3 is 21.1 Å². The monoisotopic (exact) mass is 558 g/mol. The summed E-state index contributed by atoms with van der Waals surface area (Å²) in [5, 5.41) is 6.82. The number of carbonyl (C=O) groups excluding carboxylic acids is 2. The number of rotatable bonds is 11. The lowest BCUT2D eigenvalue weighted by molar-refractivity contribution is -0.123. The SMILES string of the molecule is CN(CCCNC(=O)C(CC1CCOCC1)NC(=O)c1cc2ccccc2s1)S(=O)(=O)c1ccccc1N. The van der Waals surface area contributed by atoms with Gasteiger partial charge in [-0.15, -0.1) is 11.3 Å². The molecule has 0 aliphatic carbocycles. The predicted octanol–water partition coefficient (Wildman–Crippen LogP) is 3.23. The Labute approximate surface area is 227 Å². The van der Waals surface area contributed by atoms with Gasteiger partial charge in [0, 0.05) is 38.1 Å². The molecule has 2 heterocycles. The van der Waals surface area contributed by atoms with Gasteiger partial charge >= 0.3 is 0 Å². The van der Waals surface area contributed by atoms with Crippen LogP contribution >= 0.6 is 11.3 Å². The first-order chi connectivity index (χ1) is 18.3. The summed E-state index contributed by atoms with van der Waals surface area (Å²) in [7, 11) is -2.25. The Morgan fingerprint density at radius 1 is 1.13 bits per heavy atom. The van der Waals surface area contributed by atoms with Gasteiger partial charge in [-0.2, -0.15) is 0 Å². The highest BCUT2D eigenvalue weighted by Gasteiger charge is 2.27. The number of nitrogens with two attached hydrogens (primary N) is 1. The Morgan fingerprint density at radius 3 is 2.58 bits per heavy atom. The van der Waals surface area contributed by atoms with Gasteiger partial charge in [-0.05, 0) is 61.3 Å². The molecule has 2 amide bonds.